The summed E-state index contributed by atoms with van der Waals surface area (Å²) in [5.41, 5.74) is 23.0. The molecule has 70 heavy (non-hydrogen) atoms. The average molecular weight is 1020 g/mol. The zero-order valence-corrected chi connectivity index (χ0v) is 41.4. The van der Waals surface area contributed by atoms with Crippen molar-refractivity contribution < 1.29 is 57.8 Å². The van der Waals surface area contributed by atoms with Crippen molar-refractivity contribution in [2.75, 3.05) is 24.6 Å². The van der Waals surface area contributed by atoms with E-state index in [1.807, 2.05) is 13.8 Å². The number of carbonyl (C=O) groups is 11. The highest BCUT2D eigenvalue weighted by Gasteiger charge is 2.40. The predicted octanol–water partition coefficient (Wildman–Crippen LogP) is -3.22. The Bertz CT molecular complexity index is 2060. The number of primary amides is 3. The van der Waals surface area contributed by atoms with Gasteiger partial charge >= 0.3 is 0 Å². The number of rotatable bonds is 17. The van der Waals surface area contributed by atoms with E-state index in [0.717, 1.165) is 21.6 Å². The number of hydrogen-bond donors (Lipinski definition) is 12. The molecule has 9 atom stereocenters. The molecule has 0 aliphatic carbocycles. The molecule has 11 amide bonds. The molecule has 3 rings (SSSR count). The van der Waals surface area contributed by atoms with Crippen molar-refractivity contribution in [1.29, 1.82) is 0 Å². The molecule has 0 bridgehead atoms. The van der Waals surface area contributed by atoms with E-state index in [0.29, 0.717) is 24.8 Å². The molecule has 26 heteroatoms. The second-order valence-corrected chi connectivity index (χ2v) is 20.3. The van der Waals surface area contributed by atoms with E-state index in [1.54, 1.807) is 13.8 Å². The van der Waals surface area contributed by atoms with Gasteiger partial charge in [-0.3, -0.25) is 52.7 Å². The zero-order valence-electron chi connectivity index (χ0n) is 39.8. The third kappa shape index (κ3) is 19.0. The van der Waals surface area contributed by atoms with Crippen LogP contribution in [0.5, 0.6) is 5.75 Å². The molecule has 1 aromatic rings. The first-order chi connectivity index (χ1) is 33.0. The van der Waals surface area contributed by atoms with Gasteiger partial charge in [0.05, 0.1) is 19.0 Å². The lowest BCUT2D eigenvalue weighted by Gasteiger charge is -2.38. The maximum atomic E-state index is 14.6. The van der Waals surface area contributed by atoms with Crippen LogP contribution >= 0.6 is 21.6 Å². The Hall–Kier alpha value is -6.15. The second-order valence-electron chi connectivity index (χ2n) is 17.8. The van der Waals surface area contributed by atoms with Crippen LogP contribution in [0.4, 0.5) is 0 Å². The molecule has 388 valence electrons. The fourth-order valence-electron chi connectivity index (χ4n) is 7.51. The fraction of sp³-hybridized carbons (Fsp3) is 0.614. The Balaban J connectivity index is 2.07. The summed E-state index contributed by atoms with van der Waals surface area (Å²) in [7, 11) is 2.06. The molecular formula is C44H68N12O12S2. The molecule has 0 saturated carbocycles. The van der Waals surface area contributed by atoms with Crippen LogP contribution in [0.2, 0.25) is 0 Å². The number of benzene rings is 1. The van der Waals surface area contributed by atoms with Gasteiger partial charge in [-0.25, -0.2) is 0 Å². The van der Waals surface area contributed by atoms with Crippen molar-refractivity contribution in [1.82, 2.24) is 42.1 Å². The van der Waals surface area contributed by atoms with Gasteiger partial charge in [0.25, 0.3) is 0 Å². The first kappa shape index (κ1) is 58.2. The summed E-state index contributed by atoms with van der Waals surface area (Å²) in [5.74, 6) is -10.4. The van der Waals surface area contributed by atoms with E-state index in [-0.39, 0.29) is 49.0 Å². The third-order valence-electron chi connectivity index (χ3n) is 11.5. The van der Waals surface area contributed by atoms with Crippen molar-refractivity contribution in [3.05, 3.63) is 29.8 Å². The minimum absolute atomic E-state index is 0.0463. The van der Waals surface area contributed by atoms with Gasteiger partial charge in [0.1, 0.15) is 48.0 Å². The highest BCUT2D eigenvalue weighted by molar-refractivity contribution is 8.76. The van der Waals surface area contributed by atoms with Gasteiger partial charge in [-0.15, -0.1) is 0 Å². The topological polar surface area (TPSA) is 400 Å². The van der Waals surface area contributed by atoms with Gasteiger partial charge in [-0.1, -0.05) is 67.8 Å². The summed E-state index contributed by atoms with van der Waals surface area (Å²) in [6.07, 6.45) is -0.0692. The molecule has 2 heterocycles. The predicted molar refractivity (Wildman–Crippen MR) is 259 cm³/mol. The van der Waals surface area contributed by atoms with Crippen LogP contribution in [-0.4, -0.2) is 148 Å². The van der Waals surface area contributed by atoms with Gasteiger partial charge < -0.3 is 70.2 Å². The standard InChI is InChI=1S/C44H68N12O12S2/c1-5-23(4)36-43(67)50-27(13-14-33(46)58)39(63)52-30(18-34(47)59)40(64)54-31(21-70-69-20-26(45)37(61)51-29(41(65)55-36)17-24-9-11-25(57)12-10-24)44(68)56-15-7-6-8-32(56)42(66)53-28(16-22(2)3)38(62)49-19-35(48)60/h9-12,22-23,26-32,36,57H,5-8,13-21,45H2,1-4H3,(H2,46,58)(H2,47,59)(H2,48,60)(H,49,62)(H,50,67)(H,51,61)(H,52,63)(H,53,66)(H,54,64)(H,55,65)/t23-,26-,27-,28-,29-,30-,31-,32-,36-/m0/s1. The summed E-state index contributed by atoms with van der Waals surface area (Å²) in [5, 5.41) is 27.8. The van der Waals surface area contributed by atoms with Crippen LogP contribution in [-0.2, 0) is 59.2 Å². The highest BCUT2D eigenvalue weighted by Crippen LogP contribution is 2.26. The summed E-state index contributed by atoms with van der Waals surface area (Å²) in [4.78, 5) is 149. The van der Waals surface area contributed by atoms with Gasteiger partial charge in [0.15, 0.2) is 0 Å². The zero-order chi connectivity index (χ0) is 52.2. The van der Waals surface area contributed by atoms with Crippen LogP contribution in [0.1, 0.15) is 84.6 Å². The third-order valence-corrected chi connectivity index (χ3v) is 14.0. The lowest BCUT2D eigenvalue weighted by Crippen LogP contribution is -2.62. The van der Waals surface area contributed by atoms with Crippen LogP contribution in [0.15, 0.2) is 24.3 Å². The highest BCUT2D eigenvalue weighted by atomic mass is 33.1. The molecule has 16 N–H and O–H groups in total. The number of hydrogen-bond acceptors (Lipinski definition) is 15. The van der Waals surface area contributed by atoms with Crippen molar-refractivity contribution in [3.8, 4) is 5.75 Å². The molecule has 0 unspecified atom stereocenters. The molecule has 0 spiro atoms. The van der Waals surface area contributed by atoms with Crippen molar-refractivity contribution in [3.63, 3.8) is 0 Å². The van der Waals surface area contributed by atoms with Crippen LogP contribution in [0, 0.1) is 11.8 Å². The Morgan fingerprint density at radius 3 is 2.00 bits per heavy atom. The smallest absolute Gasteiger partial charge is 0.246 e. The number of nitrogens with two attached hydrogens (primary N) is 4. The monoisotopic (exact) mass is 1020 g/mol. The van der Waals surface area contributed by atoms with Gasteiger partial charge in [0.2, 0.25) is 65.0 Å². The molecule has 24 nitrogen and oxygen atoms in total. The Kier molecular flexibility index (Phi) is 23.7. The van der Waals surface area contributed by atoms with Crippen LogP contribution in [0.25, 0.3) is 0 Å². The number of aromatic hydroxyl groups is 1. The molecule has 2 aliphatic heterocycles. The summed E-state index contributed by atoms with van der Waals surface area (Å²) in [6.45, 7) is 6.62. The molecule has 2 fully saturated rings. The van der Waals surface area contributed by atoms with Crippen LogP contribution < -0.4 is 60.2 Å². The number of nitrogens with zero attached hydrogens (tertiary/aromatic N) is 1. The lowest BCUT2D eigenvalue weighted by molar-refractivity contribution is -0.145. The number of amides is 11. The molecule has 1 aromatic carbocycles. The Labute approximate surface area is 413 Å². The van der Waals surface area contributed by atoms with Gasteiger partial charge in [0, 0.05) is 30.9 Å². The van der Waals surface area contributed by atoms with Crippen molar-refractivity contribution in [2.45, 2.75) is 134 Å². The lowest BCUT2D eigenvalue weighted by atomic mass is 9.96. The van der Waals surface area contributed by atoms with E-state index in [2.05, 4.69) is 37.2 Å². The van der Waals surface area contributed by atoms with E-state index in [4.69, 9.17) is 22.9 Å². The van der Waals surface area contributed by atoms with Crippen molar-refractivity contribution >= 4 is 86.6 Å². The van der Waals surface area contributed by atoms with E-state index in [1.165, 1.54) is 29.2 Å². The summed E-state index contributed by atoms with van der Waals surface area (Å²) < 4.78 is 0. The molecule has 0 aromatic heterocycles. The largest absolute Gasteiger partial charge is 0.508 e. The maximum absolute atomic E-state index is 14.6. The normalized spacial score (nSPS) is 24.3. The first-order valence-electron chi connectivity index (χ1n) is 23.0. The van der Waals surface area contributed by atoms with E-state index in [9.17, 15) is 57.8 Å². The molecule has 2 saturated heterocycles. The number of phenols is 1. The molecular weight excluding hydrogens is 953 g/mol. The average Bonchev–Trinajstić information content (AvgIpc) is 3.30. The summed E-state index contributed by atoms with van der Waals surface area (Å²) in [6, 6.07) is -5.07. The quantitative estimate of drug-likeness (QED) is 0.0684. The summed E-state index contributed by atoms with van der Waals surface area (Å²) >= 11 is 0. The number of piperidine rings is 1. The minimum atomic E-state index is -1.75. The first-order valence-corrected chi connectivity index (χ1v) is 25.5. The second kappa shape index (κ2) is 28.5. The maximum Gasteiger partial charge on any atom is 0.246 e. The Morgan fingerprint density at radius 1 is 0.771 bits per heavy atom. The van der Waals surface area contributed by atoms with E-state index >= 15 is 0 Å². The number of carbonyl (C=O) groups excluding carboxylic acids is 11. The van der Waals surface area contributed by atoms with Crippen LogP contribution in [0.3, 0.4) is 0 Å². The van der Waals surface area contributed by atoms with Crippen molar-refractivity contribution in [2.24, 2.45) is 34.8 Å². The van der Waals surface area contributed by atoms with Gasteiger partial charge in [-0.05, 0) is 61.6 Å². The number of likely N-dealkylation sites (tertiary alicyclic amines) is 1. The number of nitrogens with one attached hydrogen (secondary N) is 7. The fourth-order valence-corrected chi connectivity index (χ4v) is 9.79. The van der Waals surface area contributed by atoms with Gasteiger partial charge in [-0.2, -0.15) is 0 Å². The molecule has 2 aliphatic rings. The Morgan fingerprint density at radius 2 is 1.39 bits per heavy atom. The number of phenolic OH excluding ortho intramolecular Hbond substituents is 1. The SMILES string of the molecule is CC[C@H](C)[C@@H]1NC(=O)[C@H](Cc2ccc(O)cc2)NC(=O)[C@@H](N)CSSC[C@@H](C(=O)N2CCCC[C@H]2C(=O)N[C@@H](CC(C)C)C(=O)NCC(N)=O)NC(=O)[C@H](CC(N)=O)NC(=O)[C@H](CCC(N)=O)NC1=O. The molecule has 0 radical (unpaired) electrons. The minimum Gasteiger partial charge on any atom is -0.508 e. The van der Waals surface area contributed by atoms with E-state index < -0.39 is 145 Å².